The Bertz CT molecular complexity index is 571. The van der Waals surface area contributed by atoms with E-state index in [4.69, 9.17) is 4.74 Å². The van der Waals surface area contributed by atoms with Crippen LogP contribution in [0, 0.1) is 0 Å². The van der Waals surface area contributed by atoms with Crippen LogP contribution in [0.15, 0.2) is 48.5 Å². The highest BCUT2D eigenvalue weighted by Gasteiger charge is 2.10. The molecule has 0 aliphatic carbocycles. The fourth-order valence-electron chi connectivity index (χ4n) is 2.71. The Morgan fingerprint density at radius 1 is 0.909 bits per heavy atom. The largest absolute Gasteiger partial charge is 0.381 e. The third-order valence-electron chi connectivity index (χ3n) is 4.17. The molecule has 3 rings (SSSR count). The topological polar surface area (TPSA) is 24.5 Å². The maximum Gasteiger partial charge on any atom is 0.0642 e. The van der Waals surface area contributed by atoms with Gasteiger partial charge in [-0.3, -0.25) is 0 Å². The number of morpholine rings is 1. The van der Waals surface area contributed by atoms with E-state index >= 15 is 0 Å². The molecule has 0 amide bonds. The average Bonchev–Trinajstić information content (AvgIpc) is 2.61. The van der Waals surface area contributed by atoms with Crippen LogP contribution in [-0.4, -0.2) is 26.3 Å². The second-order valence-electron chi connectivity index (χ2n) is 5.67. The summed E-state index contributed by atoms with van der Waals surface area (Å²) in [4.78, 5) is 2.37. The summed E-state index contributed by atoms with van der Waals surface area (Å²) in [5, 5.41) is 3.49. The summed E-state index contributed by atoms with van der Waals surface area (Å²) in [5.41, 5.74) is 5.14. The highest BCUT2D eigenvalue weighted by Crippen LogP contribution is 2.19. The summed E-state index contributed by atoms with van der Waals surface area (Å²) >= 11 is 0. The van der Waals surface area contributed by atoms with Crippen LogP contribution < -0.4 is 10.2 Å². The minimum atomic E-state index is 0.827. The summed E-state index contributed by atoms with van der Waals surface area (Å²) in [7, 11) is 0. The molecule has 0 radical (unpaired) electrons. The van der Waals surface area contributed by atoms with Crippen LogP contribution in [-0.2, 0) is 17.7 Å². The van der Waals surface area contributed by atoms with Crippen molar-refractivity contribution in [2.75, 3.05) is 36.5 Å². The van der Waals surface area contributed by atoms with Gasteiger partial charge in [0, 0.05) is 31.0 Å². The molecular formula is C19H24N2O. The molecule has 1 N–H and O–H groups in total. The number of benzene rings is 2. The first-order valence-electron chi connectivity index (χ1n) is 8.09. The number of rotatable bonds is 5. The van der Waals surface area contributed by atoms with Gasteiger partial charge >= 0.3 is 0 Å². The molecule has 0 spiro atoms. The normalized spacial score (nSPS) is 14.9. The van der Waals surface area contributed by atoms with E-state index in [2.05, 4.69) is 65.7 Å². The van der Waals surface area contributed by atoms with E-state index in [1.54, 1.807) is 0 Å². The lowest BCUT2D eigenvalue weighted by Crippen LogP contribution is -2.36. The molecule has 0 atom stereocenters. The number of nitrogens with zero attached hydrogens (tertiary/aromatic N) is 1. The fourth-order valence-corrected chi connectivity index (χ4v) is 2.71. The predicted octanol–water partition coefficient (Wildman–Crippen LogP) is 3.70. The highest BCUT2D eigenvalue weighted by molar-refractivity contribution is 5.55. The van der Waals surface area contributed by atoms with Crippen molar-refractivity contribution < 1.29 is 4.74 Å². The van der Waals surface area contributed by atoms with E-state index < -0.39 is 0 Å². The lowest BCUT2D eigenvalue weighted by atomic mass is 10.1. The Balaban J connectivity index is 1.56. The van der Waals surface area contributed by atoms with Crippen LogP contribution in [0.25, 0.3) is 0 Å². The van der Waals surface area contributed by atoms with Gasteiger partial charge in [0.15, 0.2) is 0 Å². The molecular weight excluding hydrogens is 272 g/mol. The smallest absolute Gasteiger partial charge is 0.0642 e. The maximum atomic E-state index is 5.39. The van der Waals surface area contributed by atoms with E-state index in [9.17, 15) is 0 Å². The first-order valence-corrected chi connectivity index (χ1v) is 8.09. The molecule has 1 aliphatic heterocycles. The van der Waals surface area contributed by atoms with Crippen LogP contribution in [0.1, 0.15) is 18.1 Å². The Morgan fingerprint density at radius 2 is 1.55 bits per heavy atom. The first kappa shape index (κ1) is 14.9. The van der Waals surface area contributed by atoms with Gasteiger partial charge in [-0.15, -0.1) is 0 Å². The van der Waals surface area contributed by atoms with Gasteiger partial charge in [-0.1, -0.05) is 31.2 Å². The Hall–Kier alpha value is -2.00. The van der Waals surface area contributed by atoms with Gasteiger partial charge < -0.3 is 15.0 Å². The van der Waals surface area contributed by atoms with Gasteiger partial charge in [-0.05, 0) is 41.8 Å². The third-order valence-corrected chi connectivity index (χ3v) is 4.17. The molecule has 1 fully saturated rings. The molecule has 0 aromatic heterocycles. The third kappa shape index (κ3) is 3.80. The molecule has 1 heterocycles. The van der Waals surface area contributed by atoms with E-state index in [1.165, 1.54) is 16.8 Å². The van der Waals surface area contributed by atoms with Crippen molar-refractivity contribution in [2.24, 2.45) is 0 Å². The van der Waals surface area contributed by atoms with Crippen molar-refractivity contribution in [3.8, 4) is 0 Å². The fraction of sp³-hybridized carbons (Fsp3) is 0.368. The van der Waals surface area contributed by atoms with Crippen molar-refractivity contribution in [1.29, 1.82) is 0 Å². The van der Waals surface area contributed by atoms with Crippen molar-refractivity contribution >= 4 is 11.4 Å². The van der Waals surface area contributed by atoms with Crippen molar-refractivity contribution in [1.82, 2.24) is 0 Å². The molecule has 3 nitrogen and oxygen atoms in total. The summed E-state index contributed by atoms with van der Waals surface area (Å²) in [6.45, 7) is 6.67. The number of anilines is 2. The van der Waals surface area contributed by atoms with Crippen molar-refractivity contribution in [3.63, 3.8) is 0 Å². The number of nitrogens with one attached hydrogen (secondary N) is 1. The summed E-state index contributed by atoms with van der Waals surface area (Å²) in [6.07, 6.45) is 1.09. The van der Waals surface area contributed by atoms with Gasteiger partial charge in [0.25, 0.3) is 0 Å². The van der Waals surface area contributed by atoms with Gasteiger partial charge in [-0.25, -0.2) is 0 Å². The second-order valence-corrected chi connectivity index (χ2v) is 5.67. The number of hydrogen-bond acceptors (Lipinski definition) is 3. The summed E-state index contributed by atoms with van der Waals surface area (Å²) in [5.74, 6) is 0. The maximum absolute atomic E-state index is 5.39. The van der Waals surface area contributed by atoms with Gasteiger partial charge in [-0.2, -0.15) is 0 Å². The van der Waals surface area contributed by atoms with Crippen LogP contribution in [0.3, 0.4) is 0 Å². The number of aryl methyl sites for hydroxylation is 1. The molecule has 2 aromatic carbocycles. The molecule has 116 valence electrons. The standard InChI is InChI=1S/C19H24N2O/c1-2-16-3-5-17(6-4-16)15-20-18-7-9-19(10-8-18)21-11-13-22-14-12-21/h3-10,20H,2,11-15H2,1H3. The van der Waals surface area contributed by atoms with Crippen LogP contribution in [0.4, 0.5) is 11.4 Å². The zero-order valence-corrected chi connectivity index (χ0v) is 13.2. The predicted molar refractivity (Wildman–Crippen MR) is 92.6 cm³/mol. The SMILES string of the molecule is CCc1ccc(CNc2ccc(N3CCOCC3)cc2)cc1. The van der Waals surface area contributed by atoms with Crippen LogP contribution in [0.2, 0.25) is 0 Å². The molecule has 3 heteroatoms. The minimum absolute atomic E-state index is 0.827. The lowest BCUT2D eigenvalue weighted by Gasteiger charge is -2.28. The van der Waals surface area contributed by atoms with E-state index in [0.717, 1.165) is 45.0 Å². The van der Waals surface area contributed by atoms with E-state index in [0.29, 0.717) is 0 Å². The molecule has 0 unspecified atom stereocenters. The van der Waals surface area contributed by atoms with E-state index in [-0.39, 0.29) is 0 Å². The Morgan fingerprint density at radius 3 is 2.18 bits per heavy atom. The quantitative estimate of drug-likeness (QED) is 0.910. The Kier molecular flexibility index (Phi) is 4.96. The first-order chi connectivity index (χ1) is 10.8. The second kappa shape index (κ2) is 7.32. The molecule has 1 aliphatic rings. The number of hydrogen-bond donors (Lipinski definition) is 1. The van der Waals surface area contributed by atoms with Gasteiger partial charge in [0.05, 0.1) is 13.2 Å². The Labute approximate surface area is 132 Å². The van der Waals surface area contributed by atoms with Crippen LogP contribution in [0.5, 0.6) is 0 Å². The molecule has 1 saturated heterocycles. The summed E-state index contributed by atoms with van der Waals surface area (Å²) in [6, 6.07) is 17.5. The minimum Gasteiger partial charge on any atom is -0.381 e. The van der Waals surface area contributed by atoms with Crippen molar-refractivity contribution in [2.45, 2.75) is 19.9 Å². The molecule has 2 aromatic rings. The lowest BCUT2D eigenvalue weighted by molar-refractivity contribution is 0.122. The molecule has 22 heavy (non-hydrogen) atoms. The van der Waals surface area contributed by atoms with E-state index in [1.807, 2.05) is 0 Å². The molecule has 0 bridgehead atoms. The van der Waals surface area contributed by atoms with Crippen molar-refractivity contribution in [3.05, 3.63) is 59.7 Å². The molecule has 0 saturated carbocycles. The monoisotopic (exact) mass is 296 g/mol. The summed E-state index contributed by atoms with van der Waals surface area (Å²) < 4.78 is 5.39. The zero-order chi connectivity index (χ0) is 15.2. The van der Waals surface area contributed by atoms with Gasteiger partial charge in [0.2, 0.25) is 0 Å². The average molecular weight is 296 g/mol. The zero-order valence-electron chi connectivity index (χ0n) is 13.2. The highest BCUT2D eigenvalue weighted by atomic mass is 16.5. The van der Waals surface area contributed by atoms with Crippen LogP contribution >= 0.6 is 0 Å². The number of ether oxygens (including phenoxy) is 1. The van der Waals surface area contributed by atoms with Gasteiger partial charge in [0.1, 0.15) is 0 Å².